The number of rotatable bonds is 3. The fourth-order valence-electron chi connectivity index (χ4n) is 1.01. The van der Waals surface area contributed by atoms with Crippen LogP contribution in [0.1, 0.15) is 18.4 Å². The number of aliphatic imine (C=N–C) groups is 1. The van der Waals surface area contributed by atoms with E-state index < -0.39 is 11.9 Å². The molecule has 0 heterocycles. The Bertz CT molecular complexity index is 316. The van der Waals surface area contributed by atoms with Crippen molar-refractivity contribution in [3.05, 3.63) is 29.8 Å². The van der Waals surface area contributed by atoms with Crippen molar-refractivity contribution in [1.29, 1.82) is 0 Å². The highest BCUT2D eigenvalue weighted by atomic mass is 16.4. The highest BCUT2D eigenvalue weighted by Crippen LogP contribution is 2.19. The monoisotopic (exact) mass is 177 g/mol. The Morgan fingerprint density at radius 1 is 1.46 bits per heavy atom. The second-order valence-corrected chi connectivity index (χ2v) is 2.81. The fraction of sp³-hybridized carbons (Fsp3) is 0.200. The molecule has 0 bridgehead atoms. The van der Waals surface area contributed by atoms with Gasteiger partial charge in [-0.25, -0.2) is 0 Å². The van der Waals surface area contributed by atoms with Crippen LogP contribution in [0, 0.1) is 0 Å². The highest BCUT2D eigenvalue weighted by molar-refractivity contribution is 5.75. The molecule has 0 aliphatic rings. The van der Waals surface area contributed by atoms with E-state index >= 15 is 0 Å². The maximum absolute atomic E-state index is 10.6. The maximum atomic E-state index is 10.6. The Morgan fingerprint density at radius 3 is 2.38 bits per heavy atom. The molecule has 3 heteroatoms. The van der Waals surface area contributed by atoms with E-state index in [1.54, 1.807) is 31.2 Å². The summed E-state index contributed by atoms with van der Waals surface area (Å²) in [4.78, 5) is 14.3. The topological polar surface area (TPSA) is 49.7 Å². The van der Waals surface area contributed by atoms with Gasteiger partial charge in [-0.15, -0.1) is 0 Å². The van der Waals surface area contributed by atoms with Gasteiger partial charge in [-0.05, 0) is 31.3 Å². The Kier molecular flexibility index (Phi) is 2.80. The van der Waals surface area contributed by atoms with Crippen molar-refractivity contribution >= 4 is 18.4 Å². The van der Waals surface area contributed by atoms with E-state index in [1.807, 2.05) is 0 Å². The lowest BCUT2D eigenvalue weighted by Crippen LogP contribution is -2.06. The van der Waals surface area contributed by atoms with E-state index in [-0.39, 0.29) is 0 Å². The molecule has 0 aliphatic carbocycles. The first kappa shape index (κ1) is 9.45. The standard InChI is InChI=1S/C10H11NO2/c1-7(10(12)13)8-3-5-9(11-2)6-4-8/h3-7H,2H2,1H3,(H,12,13). The van der Waals surface area contributed by atoms with Gasteiger partial charge < -0.3 is 5.11 Å². The highest BCUT2D eigenvalue weighted by Gasteiger charge is 2.12. The number of hydrogen-bond acceptors (Lipinski definition) is 2. The summed E-state index contributed by atoms with van der Waals surface area (Å²) in [6.45, 7) is 5.03. The first-order valence-corrected chi connectivity index (χ1v) is 3.94. The van der Waals surface area contributed by atoms with Gasteiger partial charge in [0, 0.05) is 0 Å². The van der Waals surface area contributed by atoms with E-state index in [1.165, 1.54) is 0 Å². The third-order valence-electron chi connectivity index (χ3n) is 1.95. The molecule has 0 aromatic heterocycles. The van der Waals surface area contributed by atoms with Crippen LogP contribution in [0.3, 0.4) is 0 Å². The smallest absolute Gasteiger partial charge is 0.310 e. The lowest BCUT2D eigenvalue weighted by Gasteiger charge is -2.05. The quantitative estimate of drug-likeness (QED) is 0.719. The molecule has 68 valence electrons. The van der Waals surface area contributed by atoms with E-state index in [2.05, 4.69) is 11.7 Å². The number of nitrogens with zero attached hydrogens (tertiary/aromatic N) is 1. The van der Waals surface area contributed by atoms with Gasteiger partial charge in [-0.3, -0.25) is 9.79 Å². The summed E-state index contributed by atoms with van der Waals surface area (Å²) in [5.74, 6) is -1.29. The molecule has 0 fully saturated rings. The Hall–Kier alpha value is -1.64. The molecule has 0 amide bonds. The van der Waals surface area contributed by atoms with Crippen LogP contribution in [-0.2, 0) is 4.79 Å². The summed E-state index contributed by atoms with van der Waals surface area (Å²) < 4.78 is 0. The summed E-state index contributed by atoms with van der Waals surface area (Å²) >= 11 is 0. The molecule has 13 heavy (non-hydrogen) atoms. The minimum Gasteiger partial charge on any atom is -0.481 e. The Balaban J connectivity index is 2.91. The van der Waals surface area contributed by atoms with Crippen LogP contribution < -0.4 is 0 Å². The van der Waals surface area contributed by atoms with Crippen molar-refractivity contribution in [2.24, 2.45) is 4.99 Å². The van der Waals surface area contributed by atoms with Gasteiger partial charge in [0.1, 0.15) is 0 Å². The van der Waals surface area contributed by atoms with E-state index in [4.69, 9.17) is 5.11 Å². The molecule has 0 spiro atoms. The minimum atomic E-state index is -0.820. The summed E-state index contributed by atoms with van der Waals surface area (Å²) in [7, 11) is 0. The van der Waals surface area contributed by atoms with Crippen molar-refractivity contribution in [1.82, 2.24) is 0 Å². The zero-order valence-electron chi connectivity index (χ0n) is 7.40. The fourth-order valence-corrected chi connectivity index (χ4v) is 1.01. The van der Waals surface area contributed by atoms with E-state index in [0.29, 0.717) is 0 Å². The predicted molar refractivity (Wildman–Crippen MR) is 51.7 cm³/mol. The zero-order valence-corrected chi connectivity index (χ0v) is 7.40. The van der Waals surface area contributed by atoms with Crippen molar-refractivity contribution in [2.75, 3.05) is 0 Å². The lowest BCUT2D eigenvalue weighted by molar-refractivity contribution is -0.138. The molecule has 0 saturated heterocycles. The first-order chi connectivity index (χ1) is 6.15. The van der Waals surface area contributed by atoms with E-state index in [9.17, 15) is 4.79 Å². The Morgan fingerprint density at radius 2 is 2.00 bits per heavy atom. The van der Waals surface area contributed by atoms with Crippen LogP contribution in [0.4, 0.5) is 5.69 Å². The van der Waals surface area contributed by atoms with Gasteiger partial charge in [-0.2, -0.15) is 0 Å². The number of carboxylic acid groups (broad SMARTS) is 1. The molecule has 1 aromatic rings. The van der Waals surface area contributed by atoms with Gasteiger partial charge in [0.05, 0.1) is 11.6 Å². The number of carbonyl (C=O) groups is 1. The molecule has 1 rings (SSSR count). The van der Waals surface area contributed by atoms with Crippen molar-refractivity contribution in [3.8, 4) is 0 Å². The van der Waals surface area contributed by atoms with Crippen LogP contribution in [0.25, 0.3) is 0 Å². The Labute approximate surface area is 76.7 Å². The second-order valence-electron chi connectivity index (χ2n) is 2.81. The molecule has 0 radical (unpaired) electrons. The van der Waals surface area contributed by atoms with Crippen molar-refractivity contribution < 1.29 is 9.90 Å². The maximum Gasteiger partial charge on any atom is 0.310 e. The van der Waals surface area contributed by atoms with Gasteiger partial charge in [0.25, 0.3) is 0 Å². The molecule has 1 aromatic carbocycles. The van der Waals surface area contributed by atoms with E-state index in [0.717, 1.165) is 11.3 Å². The molecular weight excluding hydrogens is 166 g/mol. The molecule has 3 nitrogen and oxygen atoms in total. The van der Waals surface area contributed by atoms with Crippen LogP contribution in [-0.4, -0.2) is 17.8 Å². The predicted octanol–water partition coefficient (Wildman–Crippen LogP) is 2.21. The first-order valence-electron chi connectivity index (χ1n) is 3.94. The summed E-state index contributed by atoms with van der Waals surface area (Å²) in [5.41, 5.74) is 1.53. The molecule has 0 saturated carbocycles. The summed E-state index contributed by atoms with van der Waals surface area (Å²) in [6.07, 6.45) is 0. The number of hydrogen-bond donors (Lipinski definition) is 1. The van der Waals surface area contributed by atoms with Gasteiger partial charge in [0.2, 0.25) is 0 Å². The average Bonchev–Trinajstić information content (AvgIpc) is 2.17. The third-order valence-corrected chi connectivity index (χ3v) is 1.95. The molecule has 0 aliphatic heterocycles. The summed E-state index contributed by atoms with van der Waals surface area (Å²) in [5, 5.41) is 8.73. The van der Waals surface area contributed by atoms with Crippen LogP contribution in [0.2, 0.25) is 0 Å². The van der Waals surface area contributed by atoms with Crippen LogP contribution in [0.5, 0.6) is 0 Å². The molecular formula is C10H11NO2. The van der Waals surface area contributed by atoms with Gasteiger partial charge in [-0.1, -0.05) is 12.1 Å². The molecule has 1 N–H and O–H groups in total. The van der Waals surface area contributed by atoms with Crippen molar-refractivity contribution in [3.63, 3.8) is 0 Å². The number of aliphatic carboxylic acids is 1. The number of benzene rings is 1. The van der Waals surface area contributed by atoms with Gasteiger partial charge >= 0.3 is 5.97 Å². The number of carboxylic acids is 1. The van der Waals surface area contributed by atoms with Crippen LogP contribution in [0.15, 0.2) is 29.3 Å². The average molecular weight is 177 g/mol. The molecule has 1 unspecified atom stereocenters. The van der Waals surface area contributed by atoms with Crippen LogP contribution >= 0.6 is 0 Å². The summed E-state index contributed by atoms with van der Waals surface area (Å²) in [6, 6.07) is 7.01. The third kappa shape index (κ3) is 2.15. The SMILES string of the molecule is C=Nc1ccc(C(C)C(=O)O)cc1. The molecule has 1 atom stereocenters. The van der Waals surface area contributed by atoms with Crippen molar-refractivity contribution in [2.45, 2.75) is 12.8 Å². The normalized spacial score (nSPS) is 12.1. The van der Waals surface area contributed by atoms with Gasteiger partial charge in [0.15, 0.2) is 0 Å². The lowest BCUT2D eigenvalue weighted by atomic mass is 10.0. The largest absolute Gasteiger partial charge is 0.481 e. The second kappa shape index (κ2) is 3.85. The minimum absolute atomic E-state index is 0.473. The zero-order chi connectivity index (χ0) is 9.84.